The Kier molecular flexibility index (Phi) is 7.54. The summed E-state index contributed by atoms with van der Waals surface area (Å²) < 4.78 is 43.3. The number of ether oxygens (including phenoxy) is 3. The number of sulfonamides is 1. The molecule has 1 N–H and O–H groups in total. The van der Waals surface area contributed by atoms with Gasteiger partial charge in [-0.25, -0.2) is 8.42 Å². The van der Waals surface area contributed by atoms with Gasteiger partial charge in [-0.2, -0.15) is 4.31 Å². The van der Waals surface area contributed by atoms with Crippen LogP contribution in [0.5, 0.6) is 11.5 Å². The lowest BCUT2D eigenvalue weighted by Gasteiger charge is -2.26. The highest BCUT2D eigenvalue weighted by molar-refractivity contribution is 7.89. The highest BCUT2D eigenvalue weighted by Gasteiger charge is 2.29. The molecule has 0 radical (unpaired) electrons. The zero-order valence-corrected chi connectivity index (χ0v) is 18.0. The number of morpholine rings is 1. The van der Waals surface area contributed by atoms with Crippen molar-refractivity contribution in [2.24, 2.45) is 0 Å². The maximum Gasteiger partial charge on any atom is 0.258 e. The molecule has 0 bridgehead atoms. The summed E-state index contributed by atoms with van der Waals surface area (Å²) in [5.74, 6) is 0.333. The maximum absolute atomic E-state index is 13.0. The Morgan fingerprint density at radius 3 is 2.63 bits per heavy atom. The smallest absolute Gasteiger partial charge is 0.258 e. The molecule has 30 heavy (non-hydrogen) atoms. The zero-order chi connectivity index (χ0) is 21.6. The van der Waals surface area contributed by atoms with Crippen LogP contribution in [-0.2, 0) is 26.1 Å². The van der Waals surface area contributed by atoms with E-state index < -0.39 is 15.9 Å². The Morgan fingerprint density at radius 2 is 1.90 bits per heavy atom. The van der Waals surface area contributed by atoms with E-state index in [2.05, 4.69) is 5.32 Å². The molecule has 10 heteroatoms. The molecule has 0 unspecified atom stereocenters. The van der Waals surface area contributed by atoms with Gasteiger partial charge in [0.05, 0.1) is 20.3 Å². The van der Waals surface area contributed by atoms with Crippen LogP contribution in [0.2, 0.25) is 5.02 Å². The number of para-hydroxylation sites is 1. The van der Waals surface area contributed by atoms with E-state index in [1.54, 1.807) is 13.2 Å². The summed E-state index contributed by atoms with van der Waals surface area (Å²) in [6.07, 6.45) is 0. The lowest BCUT2D eigenvalue weighted by Crippen LogP contribution is -2.40. The van der Waals surface area contributed by atoms with E-state index in [1.807, 2.05) is 18.2 Å². The molecule has 1 amide bonds. The van der Waals surface area contributed by atoms with Gasteiger partial charge in [-0.3, -0.25) is 4.79 Å². The predicted molar refractivity (Wildman–Crippen MR) is 111 cm³/mol. The largest absolute Gasteiger partial charge is 0.496 e. The van der Waals surface area contributed by atoms with E-state index in [1.165, 1.54) is 22.5 Å². The van der Waals surface area contributed by atoms with Crippen molar-refractivity contribution >= 4 is 27.5 Å². The minimum atomic E-state index is -3.83. The summed E-state index contributed by atoms with van der Waals surface area (Å²) in [5.41, 5.74) is 0.815. The molecule has 8 nitrogen and oxygen atoms in total. The van der Waals surface area contributed by atoms with Crippen LogP contribution >= 0.6 is 11.6 Å². The molecule has 0 atom stereocenters. The Morgan fingerprint density at radius 1 is 1.17 bits per heavy atom. The number of methoxy groups -OCH3 is 1. The average molecular weight is 455 g/mol. The van der Waals surface area contributed by atoms with Crippen molar-refractivity contribution in [1.82, 2.24) is 9.62 Å². The van der Waals surface area contributed by atoms with Crippen LogP contribution in [-0.4, -0.2) is 58.7 Å². The van der Waals surface area contributed by atoms with Gasteiger partial charge in [0.1, 0.15) is 16.4 Å². The lowest BCUT2D eigenvalue weighted by molar-refractivity contribution is -0.123. The molecule has 0 saturated carbocycles. The van der Waals surface area contributed by atoms with Crippen molar-refractivity contribution in [3.05, 3.63) is 53.1 Å². The van der Waals surface area contributed by atoms with Gasteiger partial charge >= 0.3 is 0 Å². The van der Waals surface area contributed by atoms with Crippen molar-refractivity contribution < 1.29 is 27.4 Å². The summed E-state index contributed by atoms with van der Waals surface area (Å²) in [7, 11) is -2.28. The maximum atomic E-state index is 13.0. The van der Waals surface area contributed by atoms with Gasteiger partial charge in [-0.05, 0) is 24.3 Å². The minimum absolute atomic E-state index is 0.0679. The number of hydrogen-bond donors (Lipinski definition) is 1. The van der Waals surface area contributed by atoms with E-state index >= 15 is 0 Å². The lowest BCUT2D eigenvalue weighted by atomic mass is 10.2. The monoisotopic (exact) mass is 454 g/mol. The Hall–Kier alpha value is -2.33. The van der Waals surface area contributed by atoms with Crippen LogP contribution in [0.4, 0.5) is 0 Å². The van der Waals surface area contributed by atoms with Crippen LogP contribution in [0.3, 0.4) is 0 Å². The highest BCUT2D eigenvalue weighted by Crippen LogP contribution is 2.30. The SMILES string of the molecule is COc1ccccc1CNC(=O)COc1ccc(Cl)cc1S(=O)(=O)N1CCOCC1. The zero-order valence-electron chi connectivity index (χ0n) is 16.5. The first-order valence-electron chi connectivity index (χ1n) is 9.30. The summed E-state index contributed by atoms with van der Waals surface area (Å²) >= 11 is 6.02. The van der Waals surface area contributed by atoms with Crippen LogP contribution in [0.25, 0.3) is 0 Å². The summed E-state index contributed by atoms with van der Waals surface area (Å²) in [5, 5.41) is 2.99. The predicted octanol–water partition coefficient (Wildman–Crippen LogP) is 2.06. The molecule has 0 spiro atoms. The number of halogens is 1. The first-order chi connectivity index (χ1) is 14.4. The van der Waals surface area contributed by atoms with Crippen LogP contribution in [0, 0.1) is 0 Å². The van der Waals surface area contributed by atoms with Gasteiger partial charge in [0.15, 0.2) is 6.61 Å². The van der Waals surface area contributed by atoms with E-state index in [0.29, 0.717) is 19.0 Å². The standard InChI is InChI=1S/C20H23ClN2O6S/c1-27-17-5-3-2-4-15(17)13-22-20(24)14-29-18-7-6-16(21)12-19(18)30(25,26)23-8-10-28-11-9-23/h2-7,12H,8-11,13-14H2,1H3,(H,22,24). The van der Waals surface area contributed by atoms with Gasteiger partial charge in [0.25, 0.3) is 5.91 Å². The van der Waals surface area contributed by atoms with E-state index in [0.717, 1.165) is 5.56 Å². The van der Waals surface area contributed by atoms with E-state index in [4.69, 9.17) is 25.8 Å². The molecule has 2 aromatic carbocycles. The fourth-order valence-corrected chi connectivity index (χ4v) is 4.77. The second-order valence-electron chi connectivity index (χ2n) is 6.48. The van der Waals surface area contributed by atoms with Crippen molar-refractivity contribution in [3.8, 4) is 11.5 Å². The van der Waals surface area contributed by atoms with Crippen molar-refractivity contribution in [2.75, 3.05) is 40.0 Å². The molecular weight excluding hydrogens is 432 g/mol. The van der Waals surface area contributed by atoms with Gasteiger partial charge in [0.2, 0.25) is 10.0 Å². The Balaban J connectivity index is 1.67. The molecule has 0 aromatic heterocycles. The molecule has 1 fully saturated rings. The number of carbonyl (C=O) groups excluding carboxylic acids is 1. The van der Waals surface area contributed by atoms with Crippen LogP contribution < -0.4 is 14.8 Å². The molecule has 1 heterocycles. The first kappa shape index (κ1) is 22.4. The Bertz CT molecular complexity index is 993. The van der Waals surface area contributed by atoms with E-state index in [-0.39, 0.29) is 41.9 Å². The van der Waals surface area contributed by atoms with Crippen LogP contribution in [0.15, 0.2) is 47.4 Å². The molecule has 162 valence electrons. The number of nitrogens with one attached hydrogen (secondary N) is 1. The number of nitrogens with zero attached hydrogens (tertiary/aromatic N) is 1. The van der Waals surface area contributed by atoms with Gasteiger partial charge in [0, 0.05) is 30.2 Å². The third kappa shape index (κ3) is 5.42. The summed E-state index contributed by atoms with van der Waals surface area (Å²) in [6.45, 7) is 1.04. The molecule has 1 saturated heterocycles. The number of amides is 1. The fourth-order valence-electron chi connectivity index (χ4n) is 2.97. The van der Waals surface area contributed by atoms with Crippen molar-refractivity contribution in [2.45, 2.75) is 11.4 Å². The molecule has 2 aromatic rings. The van der Waals surface area contributed by atoms with Crippen LogP contribution in [0.1, 0.15) is 5.56 Å². The van der Waals surface area contributed by atoms with Crippen molar-refractivity contribution in [3.63, 3.8) is 0 Å². The second kappa shape index (κ2) is 10.1. The molecule has 1 aliphatic rings. The normalized spacial score (nSPS) is 14.9. The average Bonchev–Trinajstić information content (AvgIpc) is 2.77. The van der Waals surface area contributed by atoms with E-state index in [9.17, 15) is 13.2 Å². The highest BCUT2D eigenvalue weighted by atomic mass is 35.5. The quantitative estimate of drug-likeness (QED) is 0.656. The van der Waals surface area contributed by atoms with Gasteiger partial charge in [-0.1, -0.05) is 29.8 Å². The molecular formula is C20H23ClN2O6S. The van der Waals surface area contributed by atoms with Crippen molar-refractivity contribution in [1.29, 1.82) is 0 Å². The van der Waals surface area contributed by atoms with Gasteiger partial charge in [-0.15, -0.1) is 0 Å². The summed E-state index contributed by atoms with van der Waals surface area (Å²) in [4.78, 5) is 12.2. The number of benzene rings is 2. The number of carbonyl (C=O) groups is 1. The molecule has 3 rings (SSSR count). The molecule has 1 aliphatic heterocycles. The topological polar surface area (TPSA) is 94.2 Å². The third-order valence-electron chi connectivity index (χ3n) is 4.52. The Labute approximate surface area is 180 Å². The third-order valence-corrected chi connectivity index (χ3v) is 6.68. The minimum Gasteiger partial charge on any atom is -0.496 e. The second-order valence-corrected chi connectivity index (χ2v) is 8.83. The number of hydrogen-bond acceptors (Lipinski definition) is 6. The first-order valence-corrected chi connectivity index (χ1v) is 11.1. The number of rotatable bonds is 8. The fraction of sp³-hybridized carbons (Fsp3) is 0.350. The van der Waals surface area contributed by atoms with Gasteiger partial charge < -0.3 is 19.5 Å². The summed E-state index contributed by atoms with van der Waals surface area (Å²) in [6, 6.07) is 11.6. The molecule has 0 aliphatic carbocycles.